The quantitative estimate of drug-likeness (QED) is 0.550. The van der Waals surface area contributed by atoms with Gasteiger partial charge in [0.05, 0.1) is 11.4 Å². The van der Waals surface area contributed by atoms with Gasteiger partial charge in [0.15, 0.2) is 0 Å². The van der Waals surface area contributed by atoms with Gasteiger partial charge >= 0.3 is 0 Å². The highest BCUT2D eigenvalue weighted by atomic mass is 16.3. The number of aryl methyl sites for hydroxylation is 2. The molecular formula is C6H8N2O2. The zero-order valence-electron chi connectivity index (χ0n) is 5.79. The van der Waals surface area contributed by atoms with E-state index in [1.54, 1.807) is 13.8 Å². The molecule has 0 aliphatic carbocycles. The fourth-order valence-corrected chi connectivity index (χ4v) is 0.614. The number of aromatic nitrogens is 2. The van der Waals surface area contributed by atoms with Gasteiger partial charge < -0.3 is 10.2 Å². The van der Waals surface area contributed by atoms with E-state index in [2.05, 4.69) is 9.97 Å². The molecule has 0 aliphatic heterocycles. The molecule has 0 radical (unpaired) electrons. The zero-order valence-corrected chi connectivity index (χ0v) is 5.79. The lowest BCUT2D eigenvalue weighted by Gasteiger charge is -1.99. The van der Waals surface area contributed by atoms with Crippen LogP contribution in [0.3, 0.4) is 0 Å². The Morgan fingerprint density at radius 1 is 0.900 bits per heavy atom. The Labute approximate surface area is 58.2 Å². The van der Waals surface area contributed by atoms with Crippen LogP contribution in [0.4, 0.5) is 0 Å². The first-order chi connectivity index (χ1) is 4.61. The van der Waals surface area contributed by atoms with Gasteiger partial charge in [-0.05, 0) is 13.8 Å². The van der Waals surface area contributed by atoms with Crippen molar-refractivity contribution in [1.82, 2.24) is 9.97 Å². The highest BCUT2D eigenvalue weighted by Gasteiger charge is 2.03. The van der Waals surface area contributed by atoms with E-state index in [9.17, 15) is 0 Å². The van der Waals surface area contributed by atoms with E-state index in [1.165, 1.54) is 0 Å². The zero-order chi connectivity index (χ0) is 7.72. The maximum Gasteiger partial charge on any atom is 0.236 e. The summed E-state index contributed by atoms with van der Waals surface area (Å²) in [5.41, 5.74) is 0.852. The second kappa shape index (κ2) is 2.13. The first-order valence-corrected chi connectivity index (χ1v) is 2.84. The van der Waals surface area contributed by atoms with Crippen LogP contribution in [0.5, 0.6) is 11.8 Å². The minimum Gasteiger partial charge on any atom is -0.492 e. The Hall–Kier alpha value is -1.32. The van der Waals surface area contributed by atoms with Gasteiger partial charge in [0.2, 0.25) is 11.8 Å². The molecule has 0 saturated heterocycles. The summed E-state index contributed by atoms with van der Waals surface area (Å²) < 4.78 is 0. The molecule has 1 heterocycles. The van der Waals surface area contributed by atoms with Gasteiger partial charge in [-0.3, -0.25) is 0 Å². The average Bonchev–Trinajstić information content (AvgIpc) is 1.84. The van der Waals surface area contributed by atoms with Crippen LogP contribution < -0.4 is 0 Å². The number of hydrogen-bond donors (Lipinski definition) is 2. The minimum atomic E-state index is -0.219. The van der Waals surface area contributed by atoms with Crippen molar-refractivity contribution >= 4 is 0 Å². The lowest BCUT2D eigenvalue weighted by Crippen LogP contribution is -1.90. The largest absolute Gasteiger partial charge is 0.492 e. The van der Waals surface area contributed by atoms with Crippen molar-refractivity contribution in [2.75, 3.05) is 0 Å². The SMILES string of the molecule is Cc1nc(C)c(O)nc1O. The minimum absolute atomic E-state index is 0.219. The normalized spacial score (nSPS) is 9.80. The van der Waals surface area contributed by atoms with E-state index < -0.39 is 0 Å². The summed E-state index contributed by atoms with van der Waals surface area (Å²) in [4.78, 5) is 7.23. The van der Waals surface area contributed by atoms with Crippen LogP contribution >= 0.6 is 0 Å². The van der Waals surface area contributed by atoms with Crippen LogP contribution in [-0.4, -0.2) is 20.2 Å². The van der Waals surface area contributed by atoms with E-state index in [0.29, 0.717) is 11.4 Å². The highest BCUT2D eigenvalue weighted by molar-refractivity contribution is 5.24. The van der Waals surface area contributed by atoms with Crippen molar-refractivity contribution < 1.29 is 10.2 Å². The molecule has 4 nitrogen and oxygen atoms in total. The molecule has 0 unspecified atom stereocenters. The third-order valence-electron chi connectivity index (χ3n) is 1.19. The predicted octanol–water partition coefficient (Wildman–Crippen LogP) is 0.505. The maximum absolute atomic E-state index is 8.89. The van der Waals surface area contributed by atoms with E-state index in [-0.39, 0.29) is 11.8 Å². The topological polar surface area (TPSA) is 66.2 Å². The number of aromatic hydroxyl groups is 2. The molecule has 1 aromatic heterocycles. The molecule has 0 atom stereocenters. The second-order valence-electron chi connectivity index (χ2n) is 2.04. The Balaban J connectivity index is 3.28. The molecule has 0 fully saturated rings. The molecule has 0 spiro atoms. The fourth-order valence-electron chi connectivity index (χ4n) is 0.614. The number of rotatable bonds is 0. The summed E-state index contributed by atoms with van der Waals surface area (Å²) >= 11 is 0. The van der Waals surface area contributed by atoms with Crippen LogP contribution in [0.2, 0.25) is 0 Å². The van der Waals surface area contributed by atoms with E-state index in [4.69, 9.17) is 10.2 Å². The number of hydrogen-bond acceptors (Lipinski definition) is 4. The molecular weight excluding hydrogens is 132 g/mol. The molecule has 0 bridgehead atoms. The summed E-state index contributed by atoms with van der Waals surface area (Å²) in [5, 5.41) is 17.8. The molecule has 0 amide bonds. The lowest BCUT2D eigenvalue weighted by atomic mass is 10.4. The number of nitrogens with zero attached hydrogens (tertiary/aromatic N) is 2. The molecule has 0 saturated carbocycles. The first-order valence-electron chi connectivity index (χ1n) is 2.84. The van der Waals surface area contributed by atoms with Crippen molar-refractivity contribution in [1.29, 1.82) is 0 Å². The van der Waals surface area contributed by atoms with Gasteiger partial charge in [0.1, 0.15) is 0 Å². The van der Waals surface area contributed by atoms with Gasteiger partial charge in [-0.25, -0.2) is 4.98 Å². The fraction of sp³-hybridized carbons (Fsp3) is 0.333. The summed E-state index contributed by atoms with van der Waals surface area (Å²) in [6.45, 7) is 3.24. The van der Waals surface area contributed by atoms with Crippen molar-refractivity contribution in [2.24, 2.45) is 0 Å². The lowest BCUT2D eigenvalue weighted by molar-refractivity contribution is 0.401. The highest BCUT2D eigenvalue weighted by Crippen LogP contribution is 2.16. The van der Waals surface area contributed by atoms with Crippen molar-refractivity contribution in [2.45, 2.75) is 13.8 Å². The molecule has 4 heteroatoms. The summed E-state index contributed by atoms with van der Waals surface area (Å²) in [6, 6.07) is 0. The molecule has 1 aromatic rings. The van der Waals surface area contributed by atoms with Crippen LogP contribution in [0, 0.1) is 13.8 Å². The summed E-state index contributed by atoms with van der Waals surface area (Å²) in [6.07, 6.45) is 0. The predicted molar refractivity (Wildman–Crippen MR) is 34.8 cm³/mol. The molecule has 54 valence electrons. The molecule has 2 N–H and O–H groups in total. The Morgan fingerprint density at radius 3 is 1.60 bits per heavy atom. The van der Waals surface area contributed by atoms with Gasteiger partial charge in [0.25, 0.3) is 0 Å². The van der Waals surface area contributed by atoms with Crippen molar-refractivity contribution in [3.8, 4) is 11.8 Å². The van der Waals surface area contributed by atoms with Crippen LogP contribution in [0.15, 0.2) is 0 Å². The molecule has 0 aliphatic rings. The molecule has 1 rings (SSSR count). The molecule has 0 aromatic carbocycles. The maximum atomic E-state index is 8.89. The third-order valence-corrected chi connectivity index (χ3v) is 1.19. The van der Waals surface area contributed by atoms with Gasteiger partial charge in [0, 0.05) is 0 Å². The Bertz CT molecular complexity index is 210. The van der Waals surface area contributed by atoms with Crippen LogP contribution in [0.1, 0.15) is 11.4 Å². The standard InChI is InChI=1S/C6H8N2O2/c1-3-5(9)8-6(10)4(2)7-3/h1-2H3,(H2,8,9,10). The van der Waals surface area contributed by atoms with E-state index in [0.717, 1.165) is 0 Å². The van der Waals surface area contributed by atoms with Crippen LogP contribution in [-0.2, 0) is 0 Å². The third kappa shape index (κ3) is 1.00. The second-order valence-corrected chi connectivity index (χ2v) is 2.04. The average molecular weight is 140 g/mol. The van der Waals surface area contributed by atoms with Crippen LogP contribution in [0.25, 0.3) is 0 Å². The monoisotopic (exact) mass is 140 g/mol. The summed E-state index contributed by atoms with van der Waals surface area (Å²) in [5.74, 6) is -0.439. The Morgan fingerprint density at radius 2 is 1.30 bits per heavy atom. The van der Waals surface area contributed by atoms with E-state index >= 15 is 0 Å². The van der Waals surface area contributed by atoms with Crippen molar-refractivity contribution in [3.05, 3.63) is 11.4 Å². The first kappa shape index (κ1) is 6.80. The van der Waals surface area contributed by atoms with Gasteiger partial charge in [-0.15, -0.1) is 0 Å². The van der Waals surface area contributed by atoms with Gasteiger partial charge in [-0.1, -0.05) is 0 Å². The van der Waals surface area contributed by atoms with Crippen molar-refractivity contribution in [3.63, 3.8) is 0 Å². The van der Waals surface area contributed by atoms with E-state index in [1.807, 2.05) is 0 Å². The molecule has 10 heavy (non-hydrogen) atoms. The summed E-state index contributed by atoms with van der Waals surface area (Å²) in [7, 11) is 0. The van der Waals surface area contributed by atoms with Gasteiger partial charge in [-0.2, -0.15) is 4.98 Å². The smallest absolute Gasteiger partial charge is 0.236 e. The Kier molecular flexibility index (Phi) is 1.45.